The molecule has 0 aliphatic heterocycles. The third-order valence-corrected chi connectivity index (χ3v) is 6.73. The van der Waals surface area contributed by atoms with Crippen molar-refractivity contribution in [3.05, 3.63) is 143 Å². The van der Waals surface area contributed by atoms with Gasteiger partial charge in [-0.25, -0.2) is 4.68 Å². The van der Waals surface area contributed by atoms with Crippen molar-refractivity contribution in [2.24, 2.45) is 0 Å². The zero-order valence-corrected chi connectivity index (χ0v) is 20.7. The van der Waals surface area contributed by atoms with Crippen molar-refractivity contribution in [2.45, 2.75) is 19.5 Å². The van der Waals surface area contributed by atoms with Gasteiger partial charge in [0.25, 0.3) is 5.56 Å². The molecule has 2 aromatic heterocycles. The van der Waals surface area contributed by atoms with Crippen molar-refractivity contribution in [2.75, 3.05) is 5.32 Å². The minimum Gasteiger partial charge on any atom is -0.343 e. The Balaban J connectivity index is 1.28. The van der Waals surface area contributed by atoms with E-state index < -0.39 is 0 Å². The summed E-state index contributed by atoms with van der Waals surface area (Å²) in [5.74, 6) is -0.184. The minimum atomic E-state index is -0.184. The van der Waals surface area contributed by atoms with Gasteiger partial charge >= 0.3 is 0 Å². The Labute approximate surface area is 219 Å². The van der Waals surface area contributed by atoms with Crippen LogP contribution in [0.2, 0.25) is 0 Å². The van der Waals surface area contributed by atoms with Gasteiger partial charge in [0, 0.05) is 23.5 Å². The predicted octanol–water partition coefficient (Wildman–Crippen LogP) is 5.63. The van der Waals surface area contributed by atoms with Crippen LogP contribution in [0.4, 0.5) is 5.69 Å². The van der Waals surface area contributed by atoms with Crippen molar-refractivity contribution >= 4 is 33.3 Å². The van der Waals surface area contributed by atoms with E-state index in [1.54, 1.807) is 6.07 Å². The fourth-order valence-electron chi connectivity index (χ4n) is 4.90. The maximum Gasteiger partial charge on any atom is 0.274 e. The van der Waals surface area contributed by atoms with E-state index >= 15 is 0 Å². The molecule has 0 fully saturated rings. The number of nitrogens with zero attached hydrogens (tertiary/aromatic N) is 3. The van der Waals surface area contributed by atoms with Gasteiger partial charge in [0.1, 0.15) is 0 Å². The van der Waals surface area contributed by atoms with Crippen LogP contribution in [0.25, 0.3) is 21.7 Å². The number of carbonyl (C=O) groups excluding carboxylic acids is 1. The van der Waals surface area contributed by atoms with Gasteiger partial charge in [-0.1, -0.05) is 84.9 Å². The molecule has 186 valence electrons. The van der Waals surface area contributed by atoms with Crippen LogP contribution in [0.5, 0.6) is 0 Å². The first kappa shape index (κ1) is 23.4. The average molecular weight is 499 g/mol. The Hall–Kier alpha value is -4.97. The molecule has 6 heteroatoms. The molecular weight excluding hydrogens is 472 g/mol. The van der Waals surface area contributed by atoms with E-state index in [1.807, 2.05) is 91.1 Å². The first-order chi connectivity index (χ1) is 18.7. The lowest BCUT2D eigenvalue weighted by Gasteiger charge is -2.12. The minimum absolute atomic E-state index is 0.0523. The molecule has 2 heterocycles. The van der Waals surface area contributed by atoms with Crippen molar-refractivity contribution in [1.29, 1.82) is 0 Å². The summed E-state index contributed by atoms with van der Waals surface area (Å²) in [7, 11) is 0. The van der Waals surface area contributed by atoms with Crippen LogP contribution >= 0.6 is 0 Å². The number of fused-ring (bicyclic) bond motifs is 2. The lowest BCUT2D eigenvalue weighted by molar-refractivity contribution is -0.115. The van der Waals surface area contributed by atoms with E-state index in [9.17, 15) is 9.59 Å². The third kappa shape index (κ3) is 4.72. The lowest BCUT2D eigenvalue weighted by Crippen LogP contribution is -2.26. The second kappa shape index (κ2) is 10.2. The van der Waals surface area contributed by atoms with Crippen molar-refractivity contribution < 1.29 is 4.79 Å². The molecule has 0 radical (unpaired) electrons. The Morgan fingerprint density at radius 3 is 2.08 bits per heavy atom. The Morgan fingerprint density at radius 2 is 1.34 bits per heavy atom. The van der Waals surface area contributed by atoms with E-state index in [-0.39, 0.29) is 17.9 Å². The molecule has 1 N–H and O–H groups in total. The molecule has 6 rings (SSSR count). The number of rotatable bonds is 7. The molecule has 0 unspecified atom stereocenters. The van der Waals surface area contributed by atoms with Crippen molar-refractivity contribution in [1.82, 2.24) is 14.3 Å². The standard InChI is InChI=1S/C32H26N4O2/c37-31(33-28-16-9-17-30-27(28)18-19-35(30)21-23-10-3-1-4-11-23)20-29-25-14-7-8-15-26(25)32(38)36(34-29)22-24-12-5-2-6-13-24/h1-19H,20-22H2,(H,33,37). The fourth-order valence-corrected chi connectivity index (χ4v) is 4.90. The number of hydrogen-bond donors (Lipinski definition) is 1. The largest absolute Gasteiger partial charge is 0.343 e. The van der Waals surface area contributed by atoms with Gasteiger partial charge in [-0.2, -0.15) is 5.10 Å². The second-order valence-electron chi connectivity index (χ2n) is 9.33. The SMILES string of the molecule is O=C(Cc1nn(Cc2ccccc2)c(=O)c2ccccc12)Nc1cccc2c1ccn2Cc1ccccc1. The van der Waals surface area contributed by atoms with Crippen LogP contribution in [-0.4, -0.2) is 20.3 Å². The topological polar surface area (TPSA) is 68.9 Å². The summed E-state index contributed by atoms with van der Waals surface area (Å²) in [6.45, 7) is 1.09. The Kier molecular flexibility index (Phi) is 6.28. The number of nitrogens with one attached hydrogen (secondary N) is 1. The summed E-state index contributed by atoms with van der Waals surface area (Å²) in [5, 5.41) is 9.94. The van der Waals surface area contributed by atoms with Gasteiger partial charge in [-0.15, -0.1) is 0 Å². The number of anilines is 1. The molecule has 0 aliphatic carbocycles. The van der Waals surface area contributed by atoms with E-state index in [0.717, 1.165) is 28.7 Å². The molecule has 6 aromatic rings. The second-order valence-corrected chi connectivity index (χ2v) is 9.33. The first-order valence-corrected chi connectivity index (χ1v) is 12.6. The van der Waals surface area contributed by atoms with Gasteiger partial charge in [0.05, 0.1) is 35.2 Å². The van der Waals surface area contributed by atoms with Gasteiger partial charge in [0.2, 0.25) is 5.91 Å². The summed E-state index contributed by atoms with van der Waals surface area (Å²) in [6.07, 6.45) is 2.10. The molecule has 0 saturated carbocycles. The Morgan fingerprint density at radius 1 is 0.684 bits per heavy atom. The fraction of sp³-hybridized carbons (Fsp3) is 0.0938. The normalized spacial score (nSPS) is 11.2. The number of amides is 1. The molecule has 0 bridgehead atoms. The first-order valence-electron chi connectivity index (χ1n) is 12.6. The maximum atomic E-state index is 13.3. The quantitative estimate of drug-likeness (QED) is 0.310. The van der Waals surface area contributed by atoms with E-state index in [4.69, 9.17) is 0 Å². The molecule has 38 heavy (non-hydrogen) atoms. The summed E-state index contributed by atoms with van der Waals surface area (Å²) in [5.41, 5.74) is 4.39. The van der Waals surface area contributed by atoms with Gasteiger partial charge in [-0.05, 0) is 35.4 Å². The van der Waals surface area contributed by atoms with E-state index in [1.165, 1.54) is 10.2 Å². The molecule has 4 aromatic carbocycles. The molecule has 1 amide bonds. The summed E-state index contributed by atoms with van der Waals surface area (Å²) in [4.78, 5) is 26.4. The van der Waals surface area contributed by atoms with E-state index in [2.05, 4.69) is 33.2 Å². The van der Waals surface area contributed by atoms with Crippen LogP contribution in [0.3, 0.4) is 0 Å². The van der Waals surface area contributed by atoms with E-state index in [0.29, 0.717) is 23.0 Å². The highest BCUT2D eigenvalue weighted by molar-refractivity contribution is 6.03. The Bertz CT molecular complexity index is 1800. The summed E-state index contributed by atoms with van der Waals surface area (Å²) in [6, 6.07) is 35.3. The maximum absolute atomic E-state index is 13.3. The third-order valence-electron chi connectivity index (χ3n) is 6.73. The zero-order valence-electron chi connectivity index (χ0n) is 20.7. The number of benzene rings is 4. The highest BCUT2D eigenvalue weighted by Crippen LogP contribution is 2.26. The van der Waals surface area contributed by atoms with Gasteiger partial charge < -0.3 is 9.88 Å². The summed E-state index contributed by atoms with van der Waals surface area (Å²) < 4.78 is 3.62. The molecule has 0 atom stereocenters. The number of hydrogen-bond acceptors (Lipinski definition) is 3. The van der Waals surface area contributed by atoms with Gasteiger partial charge in [-0.3, -0.25) is 9.59 Å². The number of aromatic nitrogens is 3. The van der Waals surface area contributed by atoms with Crippen molar-refractivity contribution in [3.8, 4) is 0 Å². The average Bonchev–Trinajstić information content (AvgIpc) is 3.36. The van der Waals surface area contributed by atoms with Crippen LogP contribution in [0.1, 0.15) is 16.8 Å². The molecular formula is C32H26N4O2. The van der Waals surface area contributed by atoms with Crippen LogP contribution in [-0.2, 0) is 24.3 Å². The highest BCUT2D eigenvalue weighted by atomic mass is 16.1. The summed E-state index contributed by atoms with van der Waals surface area (Å²) >= 11 is 0. The highest BCUT2D eigenvalue weighted by Gasteiger charge is 2.15. The van der Waals surface area contributed by atoms with Crippen LogP contribution in [0.15, 0.2) is 120 Å². The monoisotopic (exact) mass is 498 g/mol. The predicted molar refractivity (Wildman–Crippen MR) is 151 cm³/mol. The molecule has 0 aliphatic rings. The smallest absolute Gasteiger partial charge is 0.274 e. The number of carbonyl (C=O) groups is 1. The van der Waals surface area contributed by atoms with Crippen LogP contribution < -0.4 is 10.9 Å². The van der Waals surface area contributed by atoms with Crippen molar-refractivity contribution in [3.63, 3.8) is 0 Å². The zero-order chi connectivity index (χ0) is 25.9. The molecule has 0 saturated heterocycles. The molecule has 0 spiro atoms. The van der Waals surface area contributed by atoms with Crippen LogP contribution in [0, 0.1) is 0 Å². The molecule has 6 nitrogen and oxygen atoms in total. The lowest BCUT2D eigenvalue weighted by atomic mass is 10.1. The van der Waals surface area contributed by atoms with Gasteiger partial charge in [0.15, 0.2) is 0 Å².